The highest BCUT2D eigenvalue weighted by molar-refractivity contribution is 7.07. The first-order chi connectivity index (χ1) is 27.2. The number of pyridine rings is 1. The van der Waals surface area contributed by atoms with Crippen molar-refractivity contribution in [2.75, 3.05) is 14.1 Å². The van der Waals surface area contributed by atoms with Crippen molar-refractivity contribution < 1.29 is 29.4 Å². The van der Waals surface area contributed by atoms with E-state index in [2.05, 4.69) is 31.2 Å². The van der Waals surface area contributed by atoms with Crippen LogP contribution in [0.25, 0.3) is 0 Å². The monoisotopic (exact) mass is 800 g/mol. The van der Waals surface area contributed by atoms with Gasteiger partial charge in [-0.15, -0.1) is 11.3 Å². The van der Waals surface area contributed by atoms with Crippen LogP contribution in [0.5, 0.6) is 0 Å². The van der Waals surface area contributed by atoms with E-state index >= 15 is 0 Å². The van der Waals surface area contributed by atoms with Crippen molar-refractivity contribution in [2.24, 2.45) is 11.8 Å². The molecule has 4 aromatic rings. The average Bonchev–Trinajstić information content (AvgIpc) is 3.71. The fourth-order valence-electron chi connectivity index (χ4n) is 6.26. The van der Waals surface area contributed by atoms with Crippen LogP contribution in [0.4, 0.5) is 9.59 Å². The summed E-state index contributed by atoms with van der Waals surface area (Å²) < 4.78 is 0. The third-order valence-electron chi connectivity index (χ3n) is 9.58. The molecule has 0 saturated heterocycles. The van der Waals surface area contributed by atoms with Crippen LogP contribution in [0, 0.1) is 11.8 Å². The molecule has 2 aromatic carbocycles. The molecule has 6 N–H and O–H groups in total. The Kier molecular flexibility index (Phi) is 17.0. The molecule has 0 bridgehead atoms. The highest BCUT2D eigenvalue weighted by atomic mass is 32.1. The van der Waals surface area contributed by atoms with Crippen molar-refractivity contribution in [1.29, 1.82) is 0 Å². The number of benzene rings is 2. The Bertz CT molecular complexity index is 1830. The summed E-state index contributed by atoms with van der Waals surface area (Å²) in [6.07, 6.45) is -1.28. The standard InChI is InChI=1S/C42H56N8O6S/c1-27(2)35(47-41(55)49(5)23-31-19-13-14-20-43-31)39(53)45-33(21-29-15-9-7-10-16-29)37(51)38(52)34(22-30-17-11-8-12-18-30)46-40(54)36(28(3)4)48-42(56)50(6)24-32-25-57-26-44-32/h7-20,25-28,33-38,51-52H,21-24H2,1-6H3,(H,45,53)(H,46,54)(H,47,55)(H,48,56)/t33-,34-,35?,36?,37-,38-/m0/s1. The van der Waals surface area contributed by atoms with E-state index in [0.29, 0.717) is 5.69 Å². The first-order valence-corrected chi connectivity index (χ1v) is 20.0. The number of aliphatic hydroxyl groups excluding tert-OH is 2. The van der Waals surface area contributed by atoms with E-state index in [1.54, 1.807) is 65.6 Å². The van der Waals surface area contributed by atoms with Crippen LogP contribution in [0.2, 0.25) is 0 Å². The minimum absolute atomic E-state index is 0.130. The largest absolute Gasteiger partial charge is 0.388 e. The molecule has 6 amide bonds. The van der Waals surface area contributed by atoms with Gasteiger partial charge < -0.3 is 41.3 Å². The lowest BCUT2D eigenvalue weighted by Crippen LogP contribution is -2.62. The number of hydrogen-bond donors (Lipinski definition) is 6. The molecule has 14 nitrogen and oxygen atoms in total. The number of rotatable bonds is 19. The molecule has 0 aliphatic rings. The second kappa shape index (κ2) is 21.8. The van der Waals surface area contributed by atoms with Crippen molar-refractivity contribution in [3.63, 3.8) is 0 Å². The smallest absolute Gasteiger partial charge is 0.318 e. The highest BCUT2D eigenvalue weighted by Gasteiger charge is 2.38. The maximum Gasteiger partial charge on any atom is 0.318 e. The Morgan fingerprint density at radius 3 is 1.44 bits per heavy atom. The average molecular weight is 801 g/mol. The van der Waals surface area contributed by atoms with Gasteiger partial charge in [-0.25, -0.2) is 14.6 Å². The van der Waals surface area contributed by atoms with Gasteiger partial charge in [0.1, 0.15) is 24.3 Å². The number of hydrogen-bond acceptors (Lipinski definition) is 9. The van der Waals surface area contributed by atoms with Crippen molar-refractivity contribution in [1.82, 2.24) is 41.0 Å². The minimum atomic E-state index is -1.59. The molecular formula is C42H56N8O6S. The van der Waals surface area contributed by atoms with Crippen LogP contribution in [0.1, 0.15) is 50.2 Å². The second-order valence-corrected chi connectivity index (χ2v) is 15.7. The molecule has 0 radical (unpaired) electrons. The molecule has 0 spiro atoms. The van der Waals surface area contributed by atoms with Crippen molar-refractivity contribution in [3.05, 3.63) is 118 Å². The summed E-state index contributed by atoms with van der Waals surface area (Å²) in [4.78, 5) is 65.9. The number of nitrogens with zero attached hydrogens (tertiary/aromatic N) is 4. The van der Waals surface area contributed by atoms with Crippen molar-refractivity contribution in [3.8, 4) is 0 Å². The highest BCUT2D eigenvalue weighted by Crippen LogP contribution is 2.17. The van der Waals surface area contributed by atoms with E-state index in [1.807, 2.05) is 72.1 Å². The van der Waals surface area contributed by atoms with Gasteiger partial charge in [0.15, 0.2) is 0 Å². The Hall–Kier alpha value is -5.38. The van der Waals surface area contributed by atoms with Gasteiger partial charge in [-0.3, -0.25) is 14.6 Å². The van der Waals surface area contributed by atoms with Crippen molar-refractivity contribution >= 4 is 35.2 Å². The Labute approximate surface area is 339 Å². The van der Waals surface area contributed by atoms with Gasteiger partial charge in [-0.2, -0.15) is 0 Å². The molecule has 0 aliphatic heterocycles. The Balaban J connectivity index is 1.56. The van der Waals surface area contributed by atoms with Gasteiger partial charge in [-0.1, -0.05) is 94.4 Å². The molecule has 57 heavy (non-hydrogen) atoms. The topological polar surface area (TPSA) is 189 Å². The van der Waals surface area contributed by atoms with E-state index < -0.39 is 60.3 Å². The number of nitrogens with one attached hydrogen (secondary N) is 4. The molecule has 2 heterocycles. The zero-order chi connectivity index (χ0) is 41.5. The third-order valence-corrected chi connectivity index (χ3v) is 10.2. The van der Waals surface area contributed by atoms with Gasteiger partial charge in [0.25, 0.3) is 0 Å². The van der Waals surface area contributed by atoms with Crippen LogP contribution >= 0.6 is 11.3 Å². The van der Waals surface area contributed by atoms with Crippen molar-refractivity contribution in [2.45, 2.75) is 90.0 Å². The van der Waals surface area contributed by atoms with E-state index in [1.165, 1.54) is 21.1 Å². The van der Waals surface area contributed by atoms with Crippen LogP contribution in [-0.4, -0.2) is 104 Å². The van der Waals surface area contributed by atoms with Gasteiger partial charge in [-0.05, 0) is 47.9 Å². The molecule has 6 atom stereocenters. The van der Waals surface area contributed by atoms with E-state index in [-0.39, 0.29) is 37.8 Å². The van der Waals surface area contributed by atoms with E-state index in [4.69, 9.17) is 0 Å². The molecule has 2 aromatic heterocycles. The molecule has 0 saturated carbocycles. The lowest BCUT2D eigenvalue weighted by molar-refractivity contribution is -0.129. The predicted octanol–water partition coefficient (Wildman–Crippen LogP) is 3.75. The van der Waals surface area contributed by atoms with Gasteiger partial charge in [0, 0.05) is 25.7 Å². The van der Waals surface area contributed by atoms with Gasteiger partial charge >= 0.3 is 12.1 Å². The minimum Gasteiger partial charge on any atom is -0.388 e. The number of aromatic nitrogens is 2. The number of carbonyl (C=O) groups is 4. The summed E-state index contributed by atoms with van der Waals surface area (Å²) in [6.45, 7) is 7.67. The van der Waals surface area contributed by atoms with E-state index in [9.17, 15) is 29.4 Å². The summed E-state index contributed by atoms with van der Waals surface area (Å²) in [7, 11) is 3.22. The van der Waals surface area contributed by atoms with Gasteiger partial charge in [0.2, 0.25) is 11.8 Å². The second-order valence-electron chi connectivity index (χ2n) is 14.9. The lowest BCUT2D eigenvalue weighted by atomic mass is 9.90. The summed E-state index contributed by atoms with van der Waals surface area (Å²) in [5, 5.41) is 37.3. The first kappa shape index (κ1) is 44.3. The number of aliphatic hydroxyl groups is 2. The normalized spacial score (nSPS) is 14.4. The molecule has 306 valence electrons. The molecular weight excluding hydrogens is 745 g/mol. The van der Waals surface area contributed by atoms with E-state index in [0.717, 1.165) is 16.8 Å². The number of carbonyl (C=O) groups excluding carboxylic acids is 4. The van der Waals surface area contributed by atoms with Crippen LogP contribution in [0.15, 0.2) is 96.0 Å². The summed E-state index contributed by atoms with van der Waals surface area (Å²) in [5.74, 6) is -1.78. The van der Waals surface area contributed by atoms with Crippen LogP contribution in [-0.2, 0) is 35.5 Å². The Morgan fingerprint density at radius 1 is 0.614 bits per heavy atom. The van der Waals surface area contributed by atoms with Gasteiger partial charge in [0.05, 0.1) is 42.1 Å². The maximum atomic E-state index is 14.0. The van der Waals surface area contributed by atoms with Crippen LogP contribution < -0.4 is 21.3 Å². The SMILES string of the molecule is CC(C)C(NC(=O)N(C)Cc1ccccn1)C(=O)N[C@@H](Cc1ccccc1)[C@H](O)[C@@H](O)[C@H](Cc1ccccc1)NC(=O)C(NC(=O)N(C)Cc1cscn1)C(C)C. The molecule has 4 rings (SSSR count). The summed E-state index contributed by atoms with van der Waals surface area (Å²) in [5.41, 5.74) is 4.64. The third kappa shape index (κ3) is 13.7. The zero-order valence-corrected chi connectivity index (χ0v) is 34.2. The fourth-order valence-corrected chi connectivity index (χ4v) is 6.81. The quantitative estimate of drug-likeness (QED) is 0.0827. The number of urea groups is 2. The number of thiazole rings is 1. The summed E-state index contributed by atoms with van der Waals surface area (Å²) >= 11 is 1.42. The van der Waals surface area contributed by atoms with Crippen LogP contribution in [0.3, 0.4) is 0 Å². The fraction of sp³-hybridized carbons (Fsp3) is 0.429. The summed E-state index contributed by atoms with van der Waals surface area (Å²) in [6, 6.07) is 18.8. The molecule has 2 unspecified atom stereocenters. The zero-order valence-electron chi connectivity index (χ0n) is 33.4. The lowest BCUT2D eigenvalue weighted by Gasteiger charge is -2.35. The number of amides is 6. The molecule has 0 fully saturated rings. The maximum absolute atomic E-state index is 14.0. The Morgan fingerprint density at radius 2 is 1.05 bits per heavy atom. The predicted molar refractivity (Wildman–Crippen MR) is 220 cm³/mol. The molecule has 0 aliphatic carbocycles. The first-order valence-electron chi connectivity index (χ1n) is 19.1. The molecule has 15 heteroatoms.